The molecule has 6 heteroatoms. The van der Waals surface area contributed by atoms with Gasteiger partial charge in [-0.05, 0) is 86.6 Å². The molecule has 6 nitrogen and oxygen atoms in total. The van der Waals surface area contributed by atoms with Crippen molar-refractivity contribution in [2.24, 2.45) is 0 Å². The lowest BCUT2D eigenvalue weighted by atomic mass is 9.87. The monoisotopic (exact) mass is 510 g/mol. The Bertz CT molecular complexity index is 1610. The van der Waals surface area contributed by atoms with E-state index >= 15 is 0 Å². The maximum absolute atomic E-state index is 10.3. The van der Waals surface area contributed by atoms with E-state index in [9.17, 15) is 10.2 Å². The van der Waals surface area contributed by atoms with Crippen LogP contribution in [0, 0.1) is 13.8 Å². The van der Waals surface area contributed by atoms with Crippen LogP contribution in [0.25, 0.3) is 39.3 Å². The van der Waals surface area contributed by atoms with Crippen LogP contribution in [0.5, 0.6) is 0 Å². The maximum atomic E-state index is 10.3. The number of aryl methyl sites for hydroxylation is 3. The minimum atomic E-state index is -0.0801. The number of nitrogens with zero attached hydrogens (tertiary/aromatic N) is 2. The summed E-state index contributed by atoms with van der Waals surface area (Å²) in [6.45, 7) is 14.8. The van der Waals surface area contributed by atoms with Gasteiger partial charge in [0.25, 0.3) is 0 Å². The fourth-order valence-electron chi connectivity index (χ4n) is 6.04. The van der Waals surface area contributed by atoms with Gasteiger partial charge in [-0.2, -0.15) is 0 Å². The van der Waals surface area contributed by atoms with E-state index in [1.165, 1.54) is 11.1 Å². The molecule has 0 spiro atoms. The number of hydrogen-bond donors (Lipinski definition) is 4. The smallest absolute Gasteiger partial charge is 0.0713 e. The van der Waals surface area contributed by atoms with Crippen molar-refractivity contribution in [3.63, 3.8) is 0 Å². The van der Waals surface area contributed by atoms with Gasteiger partial charge in [-0.25, -0.2) is 4.98 Å². The summed E-state index contributed by atoms with van der Waals surface area (Å²) >= 11 is 0. The van der Waals surface area contributed by atoms with E-state index in [0.717, 1.165) is 80.0 Å². The summed E-state index contributed by atoms with van der Waals surface area (Å²) < 4.78 is 0. The number of aliphatic hydroxyl groups is 2. The number of fused-ring (bicyclic) bond motifs is 8. The molecule has 5 heterocycles. The van der Waals surface area contributed by atoms with Crippen LogP contribution in [0.1, 0.15) is 90.5 Å². The third-order valence-corrected chi connectivity index (χ3v) is 8.45. The summed E-state index contributed by atoms with van der Waals surface area (Å²) in [5.41, 5.74) is 14.2. The van der Waals surface area contributed by atoms with Crippen LogP contribution in [0.3, 0.4) is 0 Å². The predicted molar refractivity (Wildman–Crippen MR) is 157 cm³/mol. The van der Waals surface area contributed by atoms with Crippen molar-refractivity contribution < 1.29 is 10.2 Å². The van der Waals surface area contributed by atoms with Crippen LogP contribution in [0.15, 0.2) is 30.8 Å². The summed E-state index contributed by atoms with van der Waals surface area (Å²) in [5.74, 6) is 0.352. The third kappa shape index (κ3) is 4.32. The average molecular weight is 511 g/mol. The highest BCUT2D eigenvalue weighted by atomic mass is 16.3. The Morgan fingerprint density at radius 1 is 0.895 bits per heavy atom. The first-order chi connectivity index (χ1) is 18.3. The Balaban J connectivity index is 1.93. The normalized spacial score (nSPS) is 17.3. The molecule has 8 bridgehead atoms. The number of H-pyrrole nitrogens is 2. The molecule has 2 atom stereocenters. The minimum absolute atomic E-state index is 0.0801. The Morgan fingerprint density at radius 2 is 1.63 bits per heavy atom. The number of hydrogen-bond acceptors (Lipinski definition) is 4. The van der Waals surface area contributed by atoms with Crippen LogP contribution >= 0.6 is 0 Å². The van der Waals surface area contributed by atoms with Gasteiger partial charge >= 0.3 is 0 Å². The molecule has 4 N–H and O–H groups in total. The summed E-state index contributed by atoms with van der Waals surface area (Å²) in [6.07, 6.45) is 4.36. The Labute approximate surface area is 224 Å². The lowest BCUT2D eigenvalue weighted by Crippen LogP contribution is -2.03. The second-order valence-electron chi connectivity index (χ2n) is 10.5. The molecule has 0 saturated heterocycles. The summed E-state index contributed by atoms with van der Waals surface area (Å²) in [5, 5.41) is 19.9. The van der Waals surface area contributed by atoms with E-state index in [2.05, 4.69) is 62.4 Å². The average Bonchev–Trinajstić information content (AvgIpc) is 3.56. The zero-order valence-electron chi connectivity index (χ0n) is 23.1. The quantitative estimate of drug-likeness (QED) is 0.296. The van der Waals surface area contributed by atoms with Crippen molar-refractivity contribution in [2.45, 2.75) is 65.7 Å². The van der Waals surface area contributed by atoms with E-state index in [1.54, 1.807) is 0 Å². The van der Waals surface area contributed by atoms with Crippen molar-refractivity contribution in [1.82, 2.24) is 19.9 Å². The lowest BCUT2D eigenvalue weighted by molar-refractivity contribution is 0.277. The van der Waals surface area contributed by atoms with Gasteiger partial charge in [-0.1, -0.05) is 26.5 Å². The summed E-state index contributed by atoms with van der Waals surface area (Å²) in [4.78, 5) is 17.4. The van der Waals surface area contributed by atoms with Gasteiger partial charge in [0.05, 0.1) is 18.0 Å². The topological polar surface area (TPSA) is 97.8 Å². The van der Waals surface area contributed by atoms with E-state index in [-0.39, 0.29) is 25.0 Å². The standard InChI is InChI=1S/C32H38N4O2/c1-7-21-17(3)25-12-26-19(5)23(10-9-11-37)31(35-26)15-32-24(16-38)20(6)28(36-32)14-30-22(8-2)18(4)27(34-30)13-29(21)33-25/h7,12-15,19,23,33-34,37-38H,1,8-11,16H2,2-6H3/t19-,23-/m0/s1. The number of allylic oxidation sites excluding steroid dienone is 1. The van der Waals surface area contributed by atoms with Gasteiger partial charge in [-0.3, -0.25) is 4.98 Å². The molecule has 38 heavy (non-hydrogen) atoms. The van der Waals surface area contributed by atoms with Crippen LogP contribution in [0.2, 0.25) is 0 Å². The van der Waals surface area contributed by atoms with Crippen molar-refractivity contribution in [1.29, 1.82) is 0 Å². The molecule has 5 rings (SSSR count). The van der Waals surface area contributed by atoms with Gasteiger partial charge in [-0.15, -0.1) is 0 Å². The van der Waals surface area contributed by atoms with E-state index < -0.39 is 0 Å². The van der Waals surface area contributed by atoms with Crippen molar-refractivity contribution in [2.75, 3.05) is 13.2 Å². The molecule has 3 aromatic heterocycles. The first kappa shape index (κ1) is 26.1. The van der Waals surface area contributed by atoms with Crippen molar-refractivity contribution in [3.8, 4) is 0 Å². The fraction of sp³-hybridized carbons (Fsp3) is 0.375. The van der Waals surface area contributed by atoms with Gasteiger partial charge < -0.3 is 20.2 Å². The highest BCUT2D eigenvalue weighted by Gasteiger charge is 2.29. The SMILES string of the molecule is C=Cc1c(C)c2cc3nc(cc4nc(cc5[nH]c(cc1[nH]2)c(C)c5CC)C(C)=C4CO)[C@@H](CCCO)[C@@H]3C. The molecule has 0 aromatic carbocycles. The molecule has 0 amide bonds. The Morgan fingerprint density at radius 3 is 2.32 bits per heavy atom. The predicted octanol–water partition coefficient (Wildman–Crippen LogP) is 6.72. The molecule has 0 unspecified atom stereocenters. The molecular formula is C32H38N4O2. The maximum Gasteiger partial charge on any atom is 0.0713 e. The highest BCUT2D eigenvalue weighted by Crippen LogP contribution is 2.41. The number of aromatic nitrogens is 4. The summed E-state index contributed by atoms with van der Waals surface area (Å²) in [7, 11) is 0. The van der Waals surface area contributed by atoms with E-state index in [0.29, 0.717) is 6.42 Å². The number of rotatable bonds is 6. The summed E-state index contributed by atoms with van der Waals surface area (Å²) in [6, 6.07) is 8.48. The number of nitrogens with one attached hydrogen (secondary N) is 2. The lowest BCUT2D eigenvalue weighted by Gasteiger charge is -2.15. The van der Waals surface area contributed by atoms with Gasteiger partial charge in [0, 0.05) is 63.0 Å². The van der Waals surface area contributed by atoms with Gasteiger partial charge in [0.2, 0.25) is 0 Å². The third-order valence-electron chi connectivity index (χ3n) is 8.45. The minimum Gasteiger partial charge on any atom is -0.396 e. The molecule has 198 valence electrons. The first-order valence-electron chi connectivity index (χ1n) is 13.6. The largest absolute Gasteiger partial charge is 0.396 e. The number of aromatic amines is 2. The first-order valence-corrected chi connectivity index (χ1v) is 13.6. The second kappa shape index (κ2) is 10.4. The Hall–Kier alpha value is -3.48. The Kier molecular flexibility index (Phi) is 7.12. The zero-order chi connectivity index (χ0) is 27.1. The van der Waals surface area contributed by atoms with Crippen LogP contribution in [-0.2, 0) is 6.42 Å². The van der Waals surface area contributed by atoms with E-state index in [4.69, 9.17) is 9.97 Å². The number of aliphatic hydroxyl groups excluding tert-OH is 2. The second-order valence-corrected chi connectivity index (χ2v) is 10.5. The van der Waals surface area contributed by atoms with Crippen molar-refractivity contribution in [3.05, 3.63) is 75.9 Å². The van der Waals surface area contributed by atoms with Crippen molar-refractivity contribution >= 4 is 39.3 Å². The molecule has 0 aliphatic carbocycles. The molecule has 2 aliphatic heterocycles. The van der Waals surface area contributed by atoms with Gasteiger partial charge in [0.1, 0.15) is 0 Å². The molecule has 0 fully saturated rings. The molecular weight excluding hydrogens is 472 g/mol. The molecule has 0 radical (unpaired) electrons. The molecule has 2 aliphatic rings. The van der Waals surface area contributed by atoms with Gasteiger partial charge in [0.15, 0.2) is 0 Å². The van der Waals surface area contributed by atoms with Crippen LogP contribution in [0.4, 0.5) is 0 Å². The van der Waals surface area contributed by atoms with Crippen LogP contribution in [-0.4, -0.2) is 43.4 Å². The van der Waals surface area contributed by atoms with E-state index in [1.807, 2.05) is 19.1 Å². The highest BCUT2D eigenvalue weighted by molar-refractivity contribution is 5.92. The van der Waals surface area contributed by atoms with Crippen LogP contribution < -0.4 is 0 Å². The molecule has 0 saturated carbocycles. The molecule has 3 aromatic rings. The zero-order valence-corrected chi connectivity index (χ0v) is 23.1. The fourth-order valence-corrected chi connectivity index (χ4v) is 6.04.